The van der Waals surface area contributed by atoms with E-state index in [1.165, 1.54) is 23.5 Å². The minimum absolute atomic E-state index is 0.0219. The number of hydrogen-bond acceptors (Lipinski definition) is 1. The monoisotopic (exact) mass is 344 g/mol. The van der Waals surface area contributed by atoms with E-state index in [-0.39, 0.29) is 5.56 Å². The number of halogens is 4. The fraction of sp³-hybridized carbons (Fsp3) is 0.111. The molecule has 1 heterocycles. The summed E-state index contributed by atoms with van der Waals surface area (Å²) in [7, 11) is 0. The molecule has 0 amide bonds. The molecule has 74 valence electrons. The molecule has 0 N–H and O–H groups in total. The third-order valence-corrected chi connectivity index (χ3v) is 4.85. The van der Waals surface area contributed by atoms with Crippen molar-refractivity contribution >= 4 is 55.6 Å². The lowest BCUT2D eigenvalue weighted by Gasteiger charge is -1.98. The number of thiophene rings is 1. The zero-order valence-corrected chi connectivity index (χ0v) is 10.5. The van der Waals surface area contributed by atoms with E-state index in [2.05, 4.69) is 22.6 Å². The van der Waals surface area contributed by atoms with Crippen molar-refractivity contribution in [1.82, 2.24) is 0 Å². The Kier molecular flexibility index (Phi) is 2.95. The van der Waals surface area contributed by atoms with Gasteiger partial charge < -0.3 is 0 Å². The zero-order chi connectivity index (χ0) is 10.3. The number of benzene rings is 1. The number of fused-ring (bicyclic) bond motifs is 1. The molecular weight excluding hydrogens is 341 g/mol. The summed E-state index contributed by atoms with van der Waals surface area (Å²) in [5, 5.41) is 1.30. The average molecular weight is 345 g/mol. The molecular formula is C9H4ClF2IS. The molecule has 0 aliphatic carbocycles. The van der Waals surface area contributed by atoms with Gasteiger partial charge in [0.15, 0.2) is 0 Å². The van der Waals surface area contributed by atoms with Crippen LogP contribution in [0.25, 0.3) is 10.1 Å². The molecule has 1 aromatic heterocycles. The zero-order valence-electron chi connectivity index (χ0n) is 6.73. The molecule has 0 nitrogen and oxygen atoms in total. The number of rotatable bonds is 1. The second-order valence-electron chi connectivity index (χ2n) is 2.75. The summed E-state index contributed by atoms with van der Waals surface area (Å²) >= 11 is 9.59. The van der Waals surface area contributed by atoms with Gasteiger partial charge in [0, 0.05) is 15.6 Å². The Bertz CT molecular complexity index is 481. The van der Waals surface area contributed by atoms with Crippen LogP contribution < -0.4 is 0 Å². The molecule has 0 unspecified atom stereocenters. The van der Waals surface area contributed by atoms with Gasteiger partial charge in [-0.05, 0) is 34.7 Å². The maximum Gasteiger partial charge on any atom is 0.263 e. The van der Waals surface area contributed by atoms with E-state index in [1.54, 1.807) is 6.07 Å². The molecule has 0 aliphatic heterocycles. The summed E-state index contributed by atoms with van der Waals surface area (Å²) in [6.07, 6.45) is -2.44. The number of hydrogen-bond donors (Lipinski definition) is 0. The first-order valence-electron chi connectivity index (χ1n) is 3.75. The van der Waals surface area contributed by atoms with Gasteiger partial charge in [-0.25, -0.2) is 8.78 Å². The maximum atomic E-state index is 12.4. The number of alkyl halides is 2. The van der Waals surface area contributed by atoms with Crippen LogP contribution in [0.1, 0.15) is 12.0 Å². The van der Waals surface area contributed by atoms with E-state index in [9.17, 15) is 8.78 Å². The molecule has 0 bridgehead atoms. The highest BCUT2D eigenvalue weighted by atomic mass is 127. The maximum absolute atomic E-state index is 12.4. The molecule has 0 saturated carbocycles. The van der Waals surface area contributed by atoms with Gasteiger partial charge in [0.1, 0.15) is 0 Å². The van der Waals surface area contributed by atoms with Crippen LogP contribution in [-0.2, 0) is 0 Å². The molecule has 0 spiro atoms. The predicted octanol–water partition coefficient (Wildman–Crippen LogP) is 5.10. The van der Waals surface area contributed by atoms with Crippen LogP contribution in [0.15, 0.2) is 18.2 Å². The van der Waals surface area contributed by atoms with E-state index in [0.29, 0.717) is 5.02 Å². The smallest absolute Gasteiger partial charge is 0.205 e. The summed E-state index contributed by atoms with van der Waals surface area (Å²) < 4.78 is 26.7. The normalized spacial score (nSPS) is 11.5. The molecule has 0 saturated heterocycles. The summed E-state index contributed by atoms with van der Waals surface area (Å²) in [6, 6.07) is 4.59. The lowest BCUT2D eigenvalue weighted by Crippen LogP contribution is -1.81. The van der Waals surface area contributed by atoms with Crippen LogP contribution >= 0.6 is 45.5 Å². The molecule has 5 heteroatoms. The Morgan fingerprint density at radius 2 is 2.07 bits per heavy atom. The minimum atomic E-state index is -2.44. The van der Waals surface area contributed by atoms with Crippen molar-refractivity contribution in [3.8, 4) is 0 Å². The van der Waals surface area contributed by atoms with Crippen LogP contribution in [0.4, 0.5) is 8.78 Å². The van der Waals surface area contributed by atoms with Crippen LogP contribution in [0, 0.1) is 2.88 Å². The Hall–Kier alpha value is 0.0600. The van der Waals surface area contributed by atoms with Gasteiger partial charge in [-0.3, -0.25) is 0 Å². The lowest BCUT2D eigenvalue weighted by molar-refractivity contribution is 0.151. The first kappa shape index (κ1) is 10.6. The first-order valence-corrected chi connectivity index (χ1v) is 6.02. The van der Waals surface area contributed by atoms with Gasteiger partial charge in [0.2, 0.25) is 0 Å². The molecule has 14 heavy (non-hydrogen) atoms. The quantitative estimate of drug-likeness (QED) is 0.632. The van der Waals surface area contributed by atoms with Crippen molar-refractivity contribution in [3.63, 3.8) is 0 Å². The first-order chi connectivity index (χ1) is 6.59. The second kappa shape index (κ2) is 3.90. The van der Waals surface area contributed by atoms with E-state index in [1.807, 2.05) is 0 Å². The van der Waals surface area contributed by atoms with Crippen molar-refractivity contribution in [1.29, 1.82) is 0 Å². The third kappa shape index (κ3) is 1.75. The molecule has 0 radical (unpaired) electrons. The Balaban J connectivity index is 2.69. The van der Waals surface area contributed by atoms with Crippen molar-refractivity contribution in [2.75, 3.05) is 0 Å². The lowest BCUT2D eigenvalue weighted by atomic mass is 10.2. The Labute approximate surface area is 102 Å². The molecule has 0 aliphatic rings. The molecule has 0 fully saturated rings. The van der Waals surface area contributed by atoms with Gasteiger partial charge in [-0.15, -0.1) is 11.3 Å². The van der Waals surface area contributed by atoms with Crippen molar-refractivity contribution < 1.29 is 8.78 Å². The summed E-state index contributed by atoms with van der Waals surface area (Å²) in [5.74, 6) is 0. The van der Waals surface area contributed by atoms with Crippen LogP contribution in [0.5, 0.6) is 0 Å². The van der Waals surface area contributed by atoms with Crippen molar-refractivity contribution in [3.05, 3.63) is 31.7 Å². The summed E-state index contributed by atoms with van der Waals surface area (Å²) in [5.41, 5.74) is 0.0219. The van der Waals surface area contributed by atoms with E-state index in [0.717, 1.165) is 13.0 Å². The summed E-state index contributed by atoms with van der Waals surface area (Å²) in [6.45, 7) is 0. The van der Waals surface area contributed by atoms with Gasteiger partial charge in [0.05, 0.1) is 7.91 Å². The highest BCUT2D eigenvalue weighted by Gasteiger charge is 2.12. The molecule has 0 atom stereocenters. The Morgan fingerprint density at radius 3 is 2.71 bits per heavy atom. The fourth-order valence-corrected chi connectivity index (χ4v) is 3.32. The van der Waals surface area contributed by atoms with E-state index >= 15 is 0 Å². The molecule has 2 rings (SSSR count). The molecule has 2 aromatic rings. The third-order valence-electron chi connectivity index (χ3n) is 1.86. The van der Waals surface area contributed by atoms with Crippen LogP contribution in [0.3, 0.4) is 0 Å². The van der Waals surface area contributed by atoms with Crippen molar-refractivity contribution in [2.24, 2.45) is 0 Å². The van der Waals surface area contributed by atoms with Gasteiger partial charge in [-0.1, -0.05) is 17.7 Å². The second-order valence-corrected chi connectivity index (χ2v) is 5.99. The van der Waals surface area contributed by atoms with E-state index < -0.39 is 6.43 Å². The summed E-state index contributed by atoms with van der Waals surface area (Å²) in [4.78, 5) is 0. The average Bonchev–Trinajstić information content (AvgIpc) is 2.43. The van der Waals surface area contributed by atoms with Gasteiger partial charge >= 0.3 is 0 Å². The largest absolute Gasteiger partial charge is 0.263 e. The standard InChI is InChI=1S/C9H4ClF2IS/c10-7-5-3-4(8(11)12)1-2-6(5)14-9(7)13/h1-3,8H. The van der Waals surface area contributed by atoms with Crippen LogP contribution in [0.2, 0.25) is 5.02 Å². The fourth-order valence-electron chi connectivity index (χ4n) is 1.19. The van der Waals surface area contributed by atoms with Crippen LogP contribution in [-0.4, -0.2) is 0 Å². The van der Waals surface area contributed by atoms with Gasteiger partial charge in [-0.2, -0.15) is 0 Å². The van der Waals surface area contributed by atoms with Gasteiger partial charge in [0.25, 0.3) is 6.43 Å². The topological polar surface area (TPSA) is 0 Å². The molecule has 1 aromatic carbocycles. The van der Waals surface area contributed by atoms with Crippen molar-refractivity contribution in [2.45, 2.75) is 6.43 Å². The predicted molar refractivity (Wildman–Crippen MR) is 64.5 cm³/mol. The highest BCUT2D eigenvalue weighted by molar-refractivity contribution is 14.1. The minimum Gasteiger partial charge on any atom is -0.205 e. The van der Waals surface area contributed by atoms with E-state index in [4.69, 9.17) is 11.6 Å². The Morgan fingerprint density at radius 1 is 1.36 bits per heavy atom. The highest BCUT2D eigenvalue weighted by Crippen LogP contribution is 2.37. The SMILES string of the molecule is FC(F)c1ccc2sc(I)c(Cl)c2c1.